The SMILES string of the molecule is C[C@@H]1CC(=O)Nc2ccccc2N1C(=O)C[NH+]1CCN(c2ccccc2)CC1. The Morgan fingerprint density at radius 1 is 1.07 bits per heavy atom. The minimum absolute atomic E-state index is 0.0425. The van der Waals surface area contributed by atoms with Gasteiger partial charge in [0.05, 0.1) is 37.6 Å². The van der Waals surface area contributed by atoms with E-state index in [0.717, 1.165) is 31.9 Å². The van der Waals surface area contributed by atoms with Gasteiger partial charge in [0.1, 0.15) is 0 Å². The van der Waals surface area contributed by atoms with E-state index in [1.54, 1.807) is 0 Å². The number of nitrogens with zero attached hydrogens (tertiary/aromatic N) is 2. The Morgan fingerprint density at radius 2 is 1.75 bits per heavy atom. The zero-order valence-corrected chi connectivity index (χ0v) is 16.2. The molecule has 6 heteroatoms. The average Bonchev–Trinajstić information content (AvgIpc) is 2.83. The Bertz CT molecular complexity index is 847. The first-order chi connectivity index (χ1) is 13.6. The fourth-order valence-corrected chi connectivity index (χ4v) is 4.16. The van der Waals surface area contributed by atoms with Gasteiger partial charge in [0.15, 0.2) is 6.54 Å². The fraction of sp³-hybridized carbons (Fsp3) is 0.364. The Balaban J connectivity index is 1.43. The van der Waals surface area contributed by atoms with Gasteiger partial charge in [-0.2, -0.15) is 0 Å². The second kappa shape index (κ2) is 8.02. The monoisotopic (exact) mass is 379 g/mol. The molecule has 0 saturated carbocycles. The van der Waals surface area contributed by atoms with Crippen LogP contribution in [0.2, 0.25) is 0 Å². The van der Waals surface area contributed by atoms with Crippen molar-refractivity contribution in [3.05, 3.63) is 54.6 Å². The molecule has 1 fully saturated rings. The first kappa shape index (κ1) is 18.5. The standard InChI is InChI=1S/C22H26N4O2/c1-17-15-21(27)23-19-9-5-6-10-20(19)26(17)22(28)16-24-11-13-25(14-12-24)18-7-3-2-4-8-18/h2-10,17H,11-16H2,1H3,(H,23,27)/p+1/t17-/m1/s1. The highest BCUT2D eigenvalue weighted by atomic mass is 16.2. The average molecular weight is 379 g/mol. The van der Waals surface area contributed by atoms with Gasteiger partial charge < -0.3 is 20.0 Å². The van der Waals surface area contributed by atoms with Crippen molar-refractivity contribution in [2.45, 2.75) is 19.4 Å². The summed E-state index contributed by atoms with van der Waals surface area (Å²) in [5, 5.41) is 2.92. The van der Waals surface area contributed by atoms with Crippen molar-refractivity contribution in [3.8, 4) is 0 Å². The van der Waals surface area contributed by atoms with Crippen molar-refractivity contribution in [1.29, 1.82) is 0 Å². The van der Waals surface area contributed by atoms with E-state index in [-0.39, 0.29) is 17.9 Å². The first-order valence-electron chi connectivity index (χ1n) is 9.96. The summed E-state index contributed by atoms with van der Waals surface area (Å²) in [6.45, 7) is 6.15. The molecule has 2 aliphatic rings. The molecule has 28 heavy (non-hydrogen) atoms. The number of hydrogen-bond acceptors (Lipinski definition) is 3. The van der Waals surface area contributed by atoms with Gasteiger partial charge in [-0.1, -0.05) is 30.3 Å². The number of amides is 2. The summed E-state index contributed by atoms with van der Waals surface area (Å²) in [4.78, 5) is 30.8. The molecule has 0 unspecified atom stereocenters. The summed E-state index contributed by atoms with van der Waals surface area (Å²) in [6, 6.07) is 17.8. The summed E-state index contributed by atoms with van der Waals surface area (Å²) in [5.41, 5.74) is 2.76. The second-order valence-electron chi connectivity index (χ2n) is 7.63. The van der Waals surface area contributed by atoms with E-state index in [9.17, 15) is 9.59 Å². The van der Waals surface area contributed by atoms with Crippen LogP contribution in [0, 0.1) is 0 Å². The van der Waals surface area contributed by atoms with Crippen molar-refractivity contribution in [3.63, 3.8) is 0 Å². The van der Waals surface area contributed by atoms with Crippen LogP contribution < -0.4 is 20.0 Å². The lowest BCUT2D eigenvalue weighted by Gasteiger charge is -2.35. The van der Waals surface area contributed by atoms with E-state index >= 15 is 0 Å². The molecule has 146 valence electrons. The van der Waals surface area contributed by atoms with Crippen LogP contribution in [0.5, 0.6) is 0 Å². The Morgan fingerprint density at radius 3 is 2.50 bits per heavy atom. The number of benzene rings is 2. The molecule has 6 nitrogen and oxygen atoms in total. The normalized spacial score (nSPS) is 20.3. The van der Waals surface area contributed by atoms with Crippen molar-refractivity contribution in [2.75, 3.05) is 47.8 Å². The number of rotatable bonds is 3. The summed E-state index contributed by atoms with van der Waals surface area (Å²) in [6.07, 6.45) is 0.317. The molecule has 2 heterocycles. The molecule has 2 N–H and O–H groups in total. The number of carbonyl (C=O) groups is 2. The molecule has 0 aliphatic carbocycles. The number of anilines is 3. The van der Waals surface area contributed by atoms with Crippen molar-refractivity contribution >= 4 is 28.9 Å². The van der Waals surface area contributed by atoms with Gasteiger partial charge in [0.25, 0.3) is 5.91 Å². The molecule has 0 aromatic heterocycles. The minimum Gasteiger partial charge on any atom is -0.360 e. The molecule has 2 aromatic carbocycles. The molecule has 1 atom stereocenters. The fourth-order valence-electron chi connectivity index (χ4n) is 4.16. The molecule has 4 rings (SSSR count). The van der Waals surface area contributed by atoms with Crippen LogP contribution in [0.15, 0.2) is 54.6 Å². The van der Waals surface area contributed by atoms with E-state index in [2.05, 4.69) is 34.5 Å². The molecule has 2 amide bonds. The van der Waals surface area contributed by atoms with E-state index in [4.69, 9.17) is 0 Å². The number of piperazine rings is 1. The molecule has 1 saturated heterocycles. The van der Waals surface area contributed by atoms with Gasteiger partial charge in [-0.15, -0.1) is 0 Å². The number of nitrogens with one attached hydrogen (secondary N) is 2. The van der Waals surface area contributed by atoms with Gasteiger partial charge in [-0.05, 0) is 31.2 Å². The predicted octanol–water partition coefficient (Wildman–Crippen LogP) is 1.16. The smallest absolute Gasteiger partial charge is 0.282 e. The second-order valence-corrected chi connectivity index (χ2v) is 7.63. The van der Waals surface area contributed by atoms with Crippen molar-refractivity contribution in [1.82, 2.24) is 0 Å². The van der Waals surface area contributed by atoms with E-state index in [0.29, 0.717) is 18.7 Å². The highest BCUT2D eigenvalue weighted by Crippen LogP contribution is 2.31. The molecule has 0 bridgehead atoms. The topological polar surface area (TPSA) is 57.1 Å². The number of para-hydroxylation sites is 3. The third-order valence-electron chi connectivity index (χ3n) is 5.62. The maximum absolute atomic E-state index is 13.2. The molecule has 0 spiro atoms. The lowest BCUT2D eigenvalue weighted by atomic mass is 10.1. The largest absolute Gasteiger partial charge is 0.360 e. The lowest BCUT2D eigenvalue weighted by molar-refractivity contribution is -0.892. The van der Waals surface area contributed by atoms with Crippen LogP contribution in [0.4, 0.5) is 17.1 Å². The van der Waals surface area contributed by atoms with Crippen molar-refractivity contribution < 1.29 is 14.5 Å². The van der Waals surface area contributed by atoms with Crippen LogP contribution in [0.1, 0.15) is 13.3 Å². The quantitative estimate of drug-likeness (QED) is 0.841. The molecular formula is C22H27N4O2+. The van der Waals surface area contributed by atoms with E-state index < -0.39 is 0 Å². The Labute approximate surface area is 165 Å². The van der Waals surface area contributed by atoms with Gasteiger partial charge in [-0.3, -0.25) is 9.59 Å². The van der Waals surface area contributed by atoms with E-state index in [1.807, 2.05) is 42.2 Å². The summed E-state index contributed by atoms with van der Waals surface area (Å²) < 4.78 is 0. The molecule has 2 aromatic rings. The summed E-state index contributed by atoms with van der Waals surface area (Å²) in [5.74, 6) is 0.0404. The molecular weight excluding hydrogens is 352 g/mol. The maximum Gasteiger partial charge on any atom is 0.282 e. The summed E-state index contributed by atoms with van der Waals surface area (Å²) >= 11 is 0. The Hall–Kier alpha value is -2.86. The van der Waals surface area contributed by atoms with Crippen LogP contribution in [0.25, 0.3) is 0 Å². The third kappa shape index (κ3) is 3.87. The third-order valence-corrected chi connectivity index (χ3v) is 5.62. The molecule has 2 aliphatic heterocycles. The first-order valence-corrected chi connectivity index (χ1v) is 9.96. The Kier molecular flexibility index (Phi) is 5.30. The highest BCUT2D eigenvalue weighted by Gasteiger charge is 2.32. The lowest BCUT2D eigenvalue weighted by Crippen LogP contribution is -3.16. The van der Waals surface area contributed by atoms with Crippen LogP contribution in [-0.2, 0) is 9.59 Å². The number of carbonyl (C=O) groups excluding carboxylic acids is 2. The van der Waals surface area contributed by atoms with Gasteiger partial charge in [-0.25, -0.2) is 0 Å². The van der Waals surface area contributed by atoms with E-state index in [1.165, 1.54) is 10.6 Å². The number of fused-ring (bicyclic) bond motifs is 1. The van der Waals surface area contributed by atoms with Gasteiger partial charge >= 0.3 is 0 Å². The maximum atomic E-state index is 13.2. The van der Waals surface area contributed by atoms with Crippen LogP contribution in [-0.4, -0.2) is 50.6 Å². The summed E-state index contributed by atoms with van der Waals surface area (Å²) in [7, 11) is 0. The van der Waals surface area contributed by atoms with Crippen LogP contribution >= 0.6 is 0 Å². The zero-order chi connectivity index (χ0) is 19.5. The number of quaternary nitrogens is 1. The highest BCUT2D eigenvalue weighted by molar-refractivity contribution is 6.04. The minimum atomic E-state index is -0.152. The van der Waals surface area contributed by atoms with Gasteiger partial charge in [0.2, 0.25) is 5.91 Å². The van der Waals surface area contributed by atoms with Crippen molar-refractivity contribution in [2.24, 2.45) is 0 Å². The van der Waals surface area contributed by atoms with Gasteiger partial charge in [0, 0.05) is 18.2 Å². The van der Waals surface area contributed by atoms with Crippen LogP contribution in [0.3, 0.4) is 0 Å². The number of hydrogen-bond donors (Lipinski definition) is 2. The zero-order valence-electron chi connectivity index (χ0n) is 16.2. The molecule has 0 radical (unpaired) electrons. The predicted molar refractivity (Wildman–Crippen MR) is 111 cm³/mol.